The van der Waals surface area contributed by atoms with E-state index < -0.39 is 0 Å². The minimum absolute atomic E-state index is 0.0243. The van der Waals surface area contributed by atoms with Crippen molar-refractivity contribution in [2.75, 3.05) is 26.2 Å². The molecule has 0 bridgehead atoms. The van der Waals surface area contributed by atoms with Crippen LogP contribution in [0.25, 0.3) is 0 Å². The van der Waals surface area contributed by atoms with Gasteiger partial charge in [-0.05, 0) is 23.3 Å². The summed E-state index contributed by atoms with van der Waals surface area (Å²) in [5.41, 5.74) is 2.35. The second-order valence-corrected chi connectivity index (χ2v) is 9.59. The predicted molar refractivity (Wildman–Crippen MR) is 122 cm³/mol. The Labute approximate surface area is 188 Å². The molecule has 7 heteroatoms. The molecule has 1 unspecified atom stereocenters. The van der Waals surface area contributed by atoms with Gasteiger partial charge < -0.3 is 4.90 Å². The van der Waals surface area contributed by atoms with Crippen molar-refractivity contribution in [2.24, 2.45) is 5.41 Å². The number of hydrogen-bond acceptors (Lipinski definition) is 5. The van der Waals surface area contributed by atoms with Crippen LogP contribution < -0.4 is 0 Å². The minimum atomic E-state index is 0.0243. The van der Waals surface area contributed by atoms with Crippen LogP contribution in [0.3, 0.4) is 0 Å². The fourth-order valence-electron chi connectivity index (χ4n) is 5.11. The van der Waals surface area contributed by atoms with Crippen molar-refractivity contribution >= 4 is 5.91 Å². The molecule has 166 valence electrons. The largest absolute Gasteiger partial charge is 0.341 e. The van der Waals surface area contributed by atoms with Gasteiger partial charge in [0.1, 0.15) is 5.82 Å². The first kappa shape index (κ1) is 20.8. The number of carbonyl (C=O) groups is 1. The normalized spacial score (nSPS) is 20.1. The van der Waals surface area contributed by atoms with E-state index in [2.05, 4.69) is 64.3 Å². The van der Waals surface area contributed by atoms with Crippen LogP contribution in [0.4, 0.5) is 0 Å². The Bertz CT molecular complexity index is 1060. The van der Waals surface area contributed by atoms with E-state index in [1.807, 2.05) is 17.0 Å². The number of pyridine rings is 1. The van der Waals surface area contributed by atoms with Crippen molar-refractivity contribution in [1.82, 2.24) is 30.0 Å². The number of aromatic amines is 1. The van der Waals surface area contributed by atoms with Gasteiger partial charge >= 0.3 is 0 Å². The molecule has 0 radical (unpaired) electrons. The Balaban J connectivity index is 1.33. The Kier molecular flexibility index (Phi) is 5.51. The smallest absolute Gasteiger partial charge is 0.227 e. The maximum atomic E-state index is 12.9. The number of nitrogens with one attached hydrogen (secondary N) is 1. The zero-order valence-electron chi connectivity index (χ0n) is 18.7. The topological polar surface area (TPSA) is 78.0 Å². The summed E-state index contributed by atoms with van der Waals surface area (Å²) in [4.78, 5) is 26.3. The van der Waals surface area contributed by atoms with Gasteiger partial charge in [0.15, 0.2) is 5.82 Å². The number of hydrogen-bond donors (Lipinski definition) is 1. The molecule has 2 aliphatic rings. The highest BCUT2D eigenvalue weighted by molar-refractivity contribution is 5.79. The average molecular weight is 431 g/mol. The van der Waals surface area contributed by atoms with Gasteiger partial charge in [-0.3, -0.25) is 19.8 Å². The number of H-pyrrole nitrogens is 1. The zero-order valence-corrected chi connectivity index (χ0v) is 18.7. The molecular weight excluding hydrogens is 400 g/mol. The molecule has 2 aliphatic heterocycles. The molecule has 1 N–H and O–H groups in total. The minimum Gasteiger partial charge on any atom is -0.341 e. The van der Waals surface area contributed by atoms with Crippen LogP contribution in [-0.2, 0) is 17.8 Å². The maximum absolute atomic E-state index is 12.9. The van der Waals surface area contributed by atoms with Gasteiger partial charge in [0.25, 0.3) is 0 Å². The summed E-state index contributed by atoms with van der Waals surface area (Å²) in [6.45, 7) is 8.56. The summed E-state index contributed by atoms with van der Waals surface area (Å²) in [5.74, 6) is 2.54. The molecule has 0 saturated carbocycles. The number of likely N-dealkylation sites (tertiary alicyclic amines) is 2. The Hall–Kier alpha value is -3.06. The first-order valence-corrected chi connectivity index (χ1v) is 11.4. The number of rotatable bonds is 6. The molecule has 2 aromatic heterocycles. The lowest BCUT2D eigenvalue weighted by Gasteiger charge is -2.50. The third-order valence-corrected chi connectivity index (χ3v) is 6.80. The van der Waals surface area contributed by atoms with E-state index in [1.54, 1.807) is 12.4 Å². The van der Waals surface area contributed by atoms with Crippen LogP contribution >= 0.6 is 0 Å². The van der Waals surface area contributed by atoms with Crippen LogP contribution in [-0.4, -0.2) is 62.1 Å². The van der Waals surface area contributed by atoms with Gasteiger partial charge in [0.2, 0.25) is 5.91 Å². The Morgan fingerprint density at radius 3 is 2.53 bits per heavy atom. The van der Waals surface area contributed by atoms with E-state index in [9.17, 15) is 4.79 Å². The van der Waals surface area contributed by atoms with Gasteiger partial charge in [-0.25, -0.2) is 4.98 Å². The Morgan fingerprint density at radius 2 is 1.84 bits per heavy atom. The lowest BCUT2D eigenvalue weighted by atomic mass is 9.71. The van der Waals surface area contributed by atoms with E-state index >= 15 is 0 Å². The van der Waals surface area contributed by atoms with Crippen LogP contribution in [0.2, 0.25) is 0 Å². The van der Waals surface area contributed by atoms with E-state index in [0.29, 0.717) is 6.42 Å². The fourth-order valence-corrected chi connectivity index (χ4v) is 5.11. The molecule has 1 spiro atoms. The number of benzene rings is 1. The van der Waals surface area contributed by atoms with Crippen molar-refractivity contribution in [2.45, 2.75) is 38.6 Å². The average Bonchev–Trinajstić information content (AvgIpc) is 3.39. The maximum Gasteiger partial charge on any atom is 0.227 e. The van der Waals surface area contributed by atoms with Crippen molar-refractivity contribution in [3.8, 4) is 0 Å². The van der Waals surface area contributed by atoms with Crippen molar-refractivity contribution in [3.05, 3.63) is 77.6 Å². The quantitative estimate of drug-likeness (QED) is 0.651. The van der Waals surface area contributed by atoms with Gasteiger partial charge in [0, 0.05) is 62.4 Å². The van der Waals surface area contributed by atoms with Crippen LogP contribution in [0, 0.1) is 5.41 Å². The first-order valence-electron chi connectivity index (χ1n) is 11.4. The Morgan fingerprint density at radius 1 is 1.09 bits per heavy atom. The molecule has 5 rings (SSSR count). The van der Waals surface area contributed by atoms with E-state index in [0.717, 1.165) is 49.9 Å². The van der Waals surface area contributed by atoms with Gasteiger partial charge in [0.05, 0.1) is 6.42 Å². The van der Waals surface area contributed by atoms with Crippen LogP contribution in [0.5, 0.6) is 0 Å². The van der Waals surface area contributed by atoms with Gasteiger partial charge in [-0.1, -0.05) is 44.2 Å². The number of nitrogens with zero attached hydrogens (tertiary/aromatic N) is 5. The SMILES string of the molecule is CC(C)c1n[nH]c(C2CN(Cc3ccccc3)CC23CN(C(=O)Cc2ccncc2)C3)n1. The molecule has 2 fully saturated rings. The molecular formula is C25H30N6O. The second-order valence-electron chi connectivity index (χ2n) is 9.59. The van der Waals surface area contributed by atoms with Gasteiger partial charge in [-0.15, -0.1) is 0 Å². The zero-order chi connectivity index (χ0) is 22.1. The number of carbonyl (C=O) groups excluding carboxylic acids is 1. The molecule has 2 saturated heterocycles. The van der Waals surface area contributed by atoms with Crippen LogP contribution in [0.15, 0.2) is 54.9 Å². The summed E-state index contributed by atoms with van der Waals surface area (Å²) in [6.07, 6.45) is 3.91. The third-order valence-electron chi connectivity index (χ3n) is 6.80. The third kappa shape index (κ3) is 4.05. The predicted octanol–water partition coefficient (Wildman–Crippen LogP) is 2.99. The monoisotopic (exact) mass is 430 g/mol. The summed E-state index contributed by atoms with van der Waals surface area (Å²) < 4.78 is 0. The summed E-state index contributed by atoms with van der Waals surface area (Å²) in [6, 6.07) is 14.4. The van der Waals surface area contributed by atoms with Crippen molar-refractivity contribution in [3.63, 3.8) is 0 Å². The van der Waals surface area contributed by atoms with E-state index in [-0.39, 0.29) is 23.2 Å². The van der Waals surface area contributed by atoms with E-state index in [1.165, 1.54) is 5.56 Å². The lowest BCUT2D eigenvalue weighted by Crippen LogP contribution is -2.62. The molecule has 1 amide bonds. The van der Waals surface area contributed by atoms with Crippen molar-refractivity contribution in [1.29, 1.82) is 0 Å². The summed E-state index contributed by atoms with van der Waals surface area (Å²) in [5, 5.41) is 7.68. The fraction of sp³-hybridized carbons (Fsp3) is 0.440. The summed E-state index contributed by atoms with van der Waals surface area (Å²) in [7, 11) is 0. The highest BCUT2D eigenvalue weighted by atomic mass is 16.2. The number of aromatic nitrogens is 4. The van der Waals surface area contributed by atoms with Crippen molar-refractivity contribution < 1.29 is 4.79 Å². The molecule has 3 aromatic rings. The standard InChI is InChI=1S/C25H30N6O/c1-18(2)23-27-24(29-28-23)21-14-30(13-20-6-4-3-5-7-20)15-25(21)16-31(17-25)22(32)12-19-8-10-26-11-9-19/h3-11,18,21H,12-17H2,1-2H3,(H,27,28,29). The first-order chi connectivity index (χ1) is 15.5. The molecule has 4 heterocycles. The van der Waals surface area contributed by atoms with E-state index in [4.69, 9.17) is 4.98 Å². The number of amides is 1. The second kappa shape index (κ2) is 8.47. The molecule has 7 nitrogen and oxygen atoms in total. The molecule has 1 aromatic carbocycles. The highest BCUT2D eigenvalue weighted by Crippen LogP contribution is 2.48. The summed E-state index contributed by atoms with van der Waals surface area (Å²) >= 11 is 0. The molecule has 0 aliphatic carbocycles. The molecule has 1 atom stereocenters. The van der Waals surface area contributed by atoms with Crippen LogP contribution in [0.1, 0.15) is 48.5 Å². The lowest BCUT2D eigenvalue weighted by molar-refractivity contribution is -0.142. The highest BCUT2D eigenvalue weighted by Gasteiger charge is 2.56. The molecule has 32 heavy (non-hydrogen) atoms. The van der Waals surface area contributed by atoms with Gasteiger partial charge in [-0.2, -0.15) is 5.10 Å².